The first-order valence-electron chi connectivity index (χ1n) is 6.84. The molecule has 1 unspecified atom stereocenters. The number of hydrogen-bond acceptors (Lipinski definition) is 4. The standard InChI is InChI=1S/C15H21NO4S/c1-10(2)15(3,9-14(19)20)16-13(18)7-6-11(17)12-5-4-8-21-12/h4-5,8,10H,6-7,9H2,1-3H3,(H,16,18)(H,19,20). The molecule has 1 amide bonds. The third kappa shape index (κ3) is 5.30. The first-order valence-corrected chi connectivity index (χ1v) is 7.72. The average molecular weight is 311 g/mol. The number of hydrogen-bond donors (Lipinski definition) is 2. The van der Waals surface area contributed by atoms with Gasteiger partial charge in [0.1, 0.15) is 0 Å². The minimum Gasteiger partial charge on any atom is -0.481 e. The summed E-state index contributed by atoms with van der Waals surface area (Å²) in [5, 5.41) is 13.5. The van der Waals surface area contributed by atoms with Crippen LogP contribution in [-0.2, 0) is 9.59 Å². The monoisotopic (exact) mass is 311 g/mol. The summed E-state index contributed by atoms with van der Waals surface area (Å²) in [6.45, 7) is 5.44. The van der Waals surface area contributed by atoms with Crippen LogP contribution in [0.1, 0.15) is 49.7 Å². The fourth-order valence-corrected chi connectivity index (χ4v) is 2.57. The lowest BCUT2D eigenvalue weighted by atomic mass is 9.85. The first kappa shape index (κ1) is 17.4. The Morgan fingerprint density at radius 1 is 1.33 bits per heavy atom. The minimum absolute atomic E-state index is 0.0226. The molecule has 21 heavy (non-hydrogen) atoms. The van der Waals surface area contributed by atoms with Crippen molar-refractivity contribution < 1.29 is 19.5 Å². The van der Waals surface area contributed by atoms with E-state index in [4.69, 9.17) is 5.11 Å². The van der Waals surface area contributed by atoms with Gasteiger partial charge in [-0.3, -0.25) is 14.4 Å². The molecule has 0 radical (unpaired) electrons. The fraction of sp³-hybridized carbons (Fsp3) is 0.533. The number of Topliss-reactive ketones (excluding diaryl/α,β-unsaturated/α-hetero) is 1. The summed E-state index contributed by atoms with van der Waals surface area (Å²) in [5.41, 5.74) is -0.811. The molecular formula is C15H21NO4S. The average Bonchev–Trinajstić information content (AvgIpc) is 2.88. The van der Waals surface area contributed by atoms with Gasteiger partial charge in [0.25, 0.3) is 0 Å². The van der Waals surface area contributed by atoms with Crippen LogP contribution in [0.4, 0.5) is 0 Å². The van der Waals surface area contributed by atoms with E-state index in [1.54, 1.807) is 19.1 Å². The maximum Gasteiger partial charge on any atom is 0.305 e. The van der Waals surface area contributed by atoms with Crippen LogP contribution >= 0.6 is 11.3 Å². The summed E-state index contributed by atoms with van der Waals surface area (Å²) < 4.78 is 0. The lowest BCUT2D eigenvalue weighted by Gasteiger charge is -2.33. The smallest absolute Gasteiger partial charge is 0.305 e. The van der Waals surface area contributed by atoms with Gasteiger partial charge in [0.05, 0.1) is 11.3 Å². The molecule has 1 heterocycles. The van der Waals surface area contributed by atoms with Crippen molar-refractivity contribution in [3.05, 3.63) is 22.4 Å². The van der Waals surface area contributed by atoms with E-state index in [1.807, 2.05) is 19.2 Å². The minimum atomic E-state index is -0.957. The van der Waals surface area contributed by atoms with Gasteiger partial charge in [-0.2, -0.15) is 0 Å². The van der Waals surface area contributed by atoms with Gasteiger partial charge < -0.3 is 10.4 Å². The molecule has 0 fully saturated rings. The van der Waals surface area contributed by atoms with Gasteiger partial charge in [0, 0.05) is 18.4 Å². The summed E-state index contributed by atoms with van der Waals surface area (Å²) in [6.07, 6.45) is 0.0571. The van der Waals surface area contributed by atoms with Crippen molar-refractivity contribution in [2.24, 2.45) is 5.92 Å². The highest BCUT2D eigenvalue weighted by atomic mass is 32.1. The topological polar surface area (TPSA) is 83.5 Å². The van der Waals surface area contributed by atoms with E-state index in [9.17, 15) is 14.4 Å². The highest BCUT2D eigenvalue weighted by molar-refractivity contribution is 7.12. The Morgan fingerprint density at radius 2 is 2.00 bits per heavy atom. The van der Waals surface area contributed by atoms with Crippen LogP contribution in [0.2, 0.25) is 0 Å². The Bertz CT molecular complexity index is 510. The Morgan fingerprint density at radius 3 is 2.48 bits per heavy atom. The van der Waals surface area contributed by atoms with Crippen molar-refractivity contribution in [1.29, 1.82) is 0 Å². The summed E-state index contributed by atoms with van der Waals surface area (Å²) in [6, 6.07) is 3.52. The summed E-state index contributed by atoms with van der Waals surface area (Å²) in [5.74, 6) is -1.34. The van der Waals surface area contributed by atoms with E-state index in [0.29, 0.717) is 4.88 Å². The van der Waals surface area contributed by atoms with E-state index in [-0.39, 0.29) is 36.9 Å². The molecule has 0 spiro atoms. The number of ketones is 1. The SMILES string of the molecule is CC(C)C(C)(CC(=O)O)NC(=O)CCC(=O)c1cccs1. The molecule has 6 heteroatoms. The molecule has 0 bridgehead atoms. The van der Waals surface area contributed by atoms with Gasteiger partial charge in [-0.1, -0.05) is 19.9 Å². The summed E-state index contributed by atoms with van der Waals surface area (Å²) >= 11 is 1.35. The van der Waals surface area contributed by atoms with Crippen LogP contribution in [-0.4, -0.2) is 28.3 Å². The van der Waals surface area contributed by atoms with E-state index >= 15 is 0 Å². The van der Waals surface area contributed by atoms with E-state index in [1.165, 1.54) is 11.3 Å². The molecule has 0 saturated heterocycles. The Balaban J connectivity index is 2.55. The van der Waals surface area contributed by atoms with Crippen LogP contribution in [0.5, 0.6) is 0 Å². The van der Waals surface area contributed by atoms with Crippen LogP contribution in [0.3, 0.4) is 0 Å². The van der Waals surface area contributed by atoms with Crippen molar-refractivity contribution in [1.82, 2.24) is 5.32 Å². The van der Waals surface area contributed by atoms with Gasteiger partial charge in [0.2, 0.25) is 5.91 Å². The second-order valence-corrected chi connectivity index (χ2v) is 6.54. The zero-order valence-corrected chi connectivity index (χ0v) is 13.3. The van der Waals surface area contributed by atoms with Gasteiger partial charge in [-0.05, 0) is 24.3 Å². The normalized spacial score (nSPS) is 13.7. The number of carboxylic acids is 1. The van der Waals surface area contributed by atoms with Crippen molar-refractivity contribution in [2.75, 3.05) is 0 Å². The largest absolute Gasteiger partial charge is 0.481 e. The van der Waals surface area contributed by atoms with E-state index in [2.05, 4.69) is 5.32 Å². The number of amides is 1. The molecule has 1 rings (SSSR count). The van der Waals surface area contributed by atoms with Crippen LogP contribution < -0.4 is 5.32 Å². The van der Waals surface area contributed by atoms with Gasteiger partial charge in [0.15, 0.2) is 5.78 Å². The maximum atomic E-state index is 12.0. The zero-order chi connectivity index (χ0) is 16.0. The van der Waals surface area contributed by atoms with Crippen molar-refractivity contribution >= 4 is 29.0 Å². The van der Waals surface area contributed by atoms with Gasteiger partial charge >= 0.3 is 5.97 Å². The number of aliphatic carboxylic acids is 1. The predicted octanol–water partition coefficient (Wildman–Crippen LogP) is 2.72. The molecule has 116 valence electrons. The lowest BCUT2D eigenvalue weighted by Crippen LogP contribution is -2.51. The third-order valence-electron chi connectivity index (χ3n) is 3.59. The molecular weight excluding hydrogens is 290 g/mol. The Hall–Kier alpha value is -1.69. The van der Waals surface area contributed by atoms with Gasteiger partial charge in [-0.15, -0.1) is 11.3 Å². The number of thiophene rings is 1. The highest BCUT2D eigenvalue weighted by Crippen LogP contribution is 2.21. The molecule has 5 nitrogen and oxygen atoms in total. The summed E-state index contributed by atoms with van der Waals surface area (Å²) in [7, 11) is 0. The molecule has 0 aliphatic carbocycles. The molecule has 0 saturated carbocycles. The number of carbonyl (C=O) groups is 3. The van der Waals surface area contributed by atoms with Crippen LogP contribution in [0, 0.1) is 5.92 Å². The second-order valence-electron chi connectivity index (χ2n) is 5.59. The maximum absolute atomic E-state index is 12.0. The van der Waals surface area contributed by atoms with Crippen molar-refractivity contribution in [3.63, 3.8) is 0 Å². The van der Waals surface area contributed by atoms with Gasteiger partial charge in [-0.25, -0.2) is 0 Å². The van der Waals surface area contributed by atoms with E-state index < -0.39 is 11.5 Å². The van der Waals surface area contributed by atoms with E-state index in [0.717, 1.165) is 0 Å². The quantitative estimate of drug-likeness (QED) is 0.723. The second kappa shape index (κ2) is 7.36. The van der Waals surface area contributed by atoms with Crippen molar-refractivity contribution in [2.45, 2.75) is 45.6 Å². The Kier molecular flexibility index (Phi) is 6.08. The first-order chi connectivity index (χ1) is 9.74. The number of rotatable bonds is 8. The predicted molar refractivity (Wildman–Crippen MR) is 81.5 cm³/mol. The molecule has 0 aliphatic heterocycles. The number of carboxylic acid groups (broad SMARTS) is 1. The lowest BCUT2D eigenvalue weighted by molar-refractivity contribution is -0.139. The number of nitrogens with one attached hydrogen (secondary N) is 1. The molecule has 1 atom stereocenters. The molecule has 0 aromatic carbocycles. The third-order valence-corrected chi connectivity index (χ3v) is 4.50. The zero-order valence-electron chi connectivity index (χ0n) is 12.5. The molecule has 1 aromatic rings. The summed E-state index contributed by atoms with van der Waals surface area (Å²) in [4.78, 5) is 35.3. The van der Waals surface area contributed by atoms with Crippen LogP contribution in [0.15, 0.2) is 17.5 Å². The highest BCUT2D eigenvalue weighted by Gasteiger charge is 2.32. The fourth-order valence-electron chi connectivity index (χ4n) is 1.88. The molecule has 1 aromatic heterocycles. The molecule has 0 aliphatic rings. The Labute approximate surface area is 128 Å². The van der Waals surface area contributed by atoms with Crippen molar-refractivity contribution in [3.8, 4) is 0 Å². The van der Waals surface area contributed by atoms with Crippen LogP contribution in [0.25, 0.3) is 0 Å². The molecule has 2 N–H and O–H groups in total. The number of carbonyl (C=O) groups excluding carboxylic acids is 2.